The minimum Gasteiger partial charge on any atom is -0.279 e. The maximum Gasteiger partial charge on any atom is 0.235 e. The zero-order valence-corrected chi connectivity index (χ0v) is 11.0. The van der Waals surface area contributed by atoms with Crippen molar-refractivity contribution < 1.29 is 4.79 Å². The van der Waals surface area contributed by atoms with Crippen LogP contribution in [0, 0.1) is 0 Å². The predicted octanol–water partition coefficient (Wildman–Crippen LogP) is 3.93. The van der Waals surface area contributed by atoms with Crippen LogP contribution in [0.2, 0.25) is 0 Å². The third-order valence-electron chi connectivity index (χ3n) is 3.45. The summed E-state index contributed by atoms with van der Waals surface area (Å²) in [4.78, 5) is 16.4. The minimum atomic E-state index is 0.153. The van der Waals surface area contributed by atoms with Crippen molar-refractivity contribution in [3.05, 3.63) is 60.2 Å². The molecule has 0 aromatic heterocycles. The van der Waals surface area contributed by atoms with Gasteiger partial charge in [-0.1, -0.05) is 48.2 Å². The van der Waals surface area contributed by atoms with Gasteiger partial charge in [-0.05, 0) is 18.2 Å². The van der Waals surface area contributed by atoms with E-state index in [0.29, 0.717) is 6.42 Å². The van der Waals surface area contributed by atoms with E-state index in [2.05, 4.69) is 18.2 Å². The third kappa shape index (κ3) is 1.55. The lowest BCUT2D eigenvalue weighted by Crippen LogP contribution is -2.23. The van der Waals surface area contributed by atoms with Crippen molar-refractivity contribution in [1.29, 1.82) is 0 Å². The number of fused-ring (bicyclic) bond motifs is 5. The van der Waals surface area contributed by atoms with Crippen molar-refractivity contribution in [2.75, 3.05) is 4.90 Å². The molecule has 2 aromatic rings. The largest absolute Gasteiger partial charge is 0.279 e. The second kappa shape index (κ2) is 4.00. The van der Waals surface area contributed by atoms with Crippen LogP contribution < -0.4 is 4.90 Å². The molecule has 0 spiro atoms. The first-order valence-electron chi connectivity index (χ1n) is 6.24. The van der Waals surface area contributed by atoms with Crippen molar-refractivity contribution in [2.24, 2.45) is 0 Å². The molecular formula is C16H11NOS. The van der Waals surface area contributed by atoms with Crippen molar-refractivity contribution in [1.82, 2.24) is 0 Å². The molecular weight excluding hydrogens is 254 g/mol. The first-order chi connectivity index (χ1) is 9.34. The molecule has 2 aliphatic rings. The van der Waals surface area contributed by atoms with E-state index in [4.69, 9.17) is 0 Å². The van der Waals surface area contributed by atoms with E-state index >= 15 is 0 Å². The fourth-order valence-electron chi connectivity index (χ4n) is 2.61. The van der Waals surface area contributed by atoms with E-state index in [9.17, 15) is 4.79 Å². The minimum absolute atomic E-state index is 0.153. The van der Waals surface area contributed by atoms with E-state index < -0.39 is 0 Å². The topological polar surface area (TPSA) is 20.3 Å². The molecule has 0 saturated carbocycles. The van der Waals surface area contributed by atoms with Gasteiger partial charge in [-0.2, -0.15) is 0 Å². The average Bonchev–Trinajstić information content (AvgIpc) is 2.75. The van der Waals surface area contributed by atoms with Crippen LogP contribution >= 0.6 is 11.8 Å². The van der Waals surface area contributed by atoms with E-state index in [-0.39, 0.29) is 5.91 Å². The molecule has 0 fully saturated rings. The van der Waals surface area contributed by atoms with Gasteiger partial charge in [0.25, 0.3) is 0 Å². The Morgan fingerprint density at radius 2 is 1.68 bits per heavy atom. The second-order valence-corrected chi connectivity index (χ2v) is 5.67. The Morgan fingerprint density at radius 1 is 0.947 bits per heavy atom. The van der Waals surface area contributed by atoms with Gasteiger partial charge in [0, 0.05) is 21.8 Å². The second-order valence-electron chi connectivity index (χ2n) is 4.59. The number of hydrogen-bond donors (Lipinski definition) is 0. The highest BCUT2D eigenvalue weighted by atomic mass is 32.2. The SMILES string of the molecule is O=C1CC=C2c3ccccc3Sc3ccccc3N12. The van der Waals surface area contributed by atoms with Crippen LogP contribution in [0.15, 0.2) is 64.4 Å². The van der Waals surface area contributed by atoms with Crippen molar-refractivity contribution in [2.45, 2.75) is 16.2 Å². The molecule has 0 radical (unpaired) electrons. The number of carbonyl (C=O) groups is 1. The molecule has 0 atom stereocenters. The molecule has 0 saturated heterocycles. The molecule has 2 aromatic carbocycles. The van der Waals surface area contributed by atoms with Crippen LogP contribution in [0.1, 0.15) is 12.0 Å². The summed E-state index contributed by atoms with van der Waals surface area (Å²) in [5.74, 6) is 0.153. The van der Waals surface area contributed by atoms with Gasteiger partial charge in [-0.15, -0.1) is 0 Å². The van der Waals surface area contributed by atoms with E-state index in [1.807, 2.05) is 41.3 Å². The number of amides is 1. The average molecular weight is 265 g/mol. The lowest BCUT2D eigenvalue weighted by molar-refractivity contribution is -0.116. The Labute approximate surface area is 115 Å². The van der Waals surface area contributed by atoms with E-state index in [0.717, 1.165) is 21.8 Å². The van der Waals surface area contributed by atoms with Gasteiger partial charge < -0.3 is 0 Å². The predicted molar refractivity (Wildman–Crippen MR) is 77.1 cm³/mol. The van der Waals surface area contributed by atoms with Gasteiger partial charge in [0.15, 0.2) is 0 Å². The summed E-state index contributed by atoms with van der Waals surface area (Å²) in [6, 6.07) is 16.4. The highest BCUT2D eigenvalue weighted by Gasteiger charge is 2.31. The van der Waals surface area contributed by atoms with Gasteiger partial charge in [-0.25, -0.2) is 0 Å². The van der Waals surface area contributed by atoms with Gasteiger partial charge in [-0.3, -0.25) is 9.69 Å². The summed E-state index contributed by atoms with van der Waals surface area (Å²) in [6.07, 6.45) is 2.52. The highest BCUT2D eigenvalue weighted by molar-refractivity contribution is 7.99. The summed E-state index contributed by atoms with van der Waals surface area (Å²) in [6.45, 7) is 0. The normalized spacial score (nSPS) is 16.3. The summed E-state index contributed by atoms with van der Waals surface area (Å²) >= 11 is 1.73. The number of anilines is 1. The third-order valence-corrected chi connectivity index (χ3v) is 4.59. The molecule has 2 aliphatic heterocycles. The van der Waals surface area contributed by atoms with Crippen LogP contribution in [0.4, 0.5) is 5.69 Å². The van der Waals surface area contributed by atoms with E-state index in [1.54, 1.807) is 11.8 Å². The van der Waals surface area contributed by atoms with Gasteiger partial charge in [0.05, 0.1) is 11.4 Å². The van der Waals surface area contributed by atoms with Crippen LogP contribution in [0.3, 0.4) is 0 Å². The van der Waals surface area contributed by atoms with Crippen LogP contribution in [0.5, 0.6) is 0 Å². The van der Waals surface area contributed by atoms with Crippen molar-refractivity contribution in [3.8, 4) is 0 Å². The highest BCUT2D eigenvalue weighted by Crippen LogP contribution is 2.47. The molecule has 3 heteroatoms. The molecule has 2 heterocycles. The smallest absolute Gasteiger partial charge is 0.235 e. The fraction of sp³-hybridized carbons (Fsp3) is 0.0625. The van der Waals surface area contributed by atoms with Gasteiger partial charge in [0.2, 0.25) is 5.91 Å². The van der Waals surface area contributed by atoms with Crippen LogP contribution in [0.25, 0.3) is 5.70 Å². The van der Waals surface area contributed by atoms with Crippen molar-refractivity contribution in [3.63, 3.8) is 0 Å². The number of para-hydroxylation sites is 1. The molecule has 0 aliphatic carbocycles. The first kappa shape index (κ1) is 10.9. The Kier molecular flexibility index (Phi) is 2.29. The summed E-state index contributed by atoms with van der Waals surface area (Å²) < 4.78 is 0. The molecule has 0 unspecified atom stereocenters. The van der Waals surface area contributed by atoms with Crippen LogP contribution in [-0.2, 0) is 4.79 Å². The standard InChI is InChI=1S/C16H11NOS/c18-16-10-9-12-11-5-1-3-7-14(11)19-15-8-4-2-6-13(15)17(12)16/h1-9H,10H2. The van der Waals surface area contributed by atoms with Gasteiger partial charge >= 0.3 is 0 Å². The maximum absolute atomic E-state index is 12.2. The molecule has 2 nitrogen and oxygen atoms in total. The molecule has 4 rings (SSSR count). The van der Waals surface area contributed by atoms with Crippen molar-refractivity contribution >= 4 is 29.1 Å². The van der Waals surface area contributed by atoms with E-state index in [1.165, 1.54) is 4.90 Å². The number of rotatable bonds is 0. The lowest BCUT2D eigenvalue weighted by atomic mass is 10.1. The lowest BCUT2D eigenvalue weighted by Gasteiger charge is -2.20. The number of benzene rings is 2. The summed E-state index contributed by atoms with van der Waals surface area (Å²) in [7, 11) is 0. The monoisotopic (exact) mass is 265 g/mol. The number of hydrogen-bond acceptors (Lipinski definition) is 2. The Hall–Kier alpha value is -2.00. The molecule has 19 heavy (non-hydrogen) atoms. The first-order valence-corrected chi connectivity index (χ1v) is 7.05. The van der Waals surface area contributed by atoms with Gasteiger partial charge in [0.1, 0.15) is 0 Å². The maximum atomic E-state index is 12.2. The fourth-order valence-corrected chi connectivity index (χ4v) is 3.69. The molecule has 0 N–H and O–H groups in total. The number of nitrogens with zero attached hydrogens (tertiary/aromatic N) is 1. The van der Waals surface area contributed by atoms with Crippen LogP contribution in [-0.4, -0.2) is 5.91 Å². The number of carbonyl (C=O) groups excluding carboxylic acids is 1. The molecule has 1 amide bonds. The Morgan fingerprint density at radius 3 is 2.58 bits per heavy atom. The summed E-state index contributed by atoms with van der Waals surface area (Å²) in [5.41, 5.74) is 3.17. The zero-order valence-electron chi connectivity index (χ0n) is 10.2. The molecule has 0 bridgehead atoms. The summed E-state index contributed by atoms with van der Waals surface area (Å²) in [5, 5.41) is 0. The Balaban J connectivity index is 2.03. The molecule has 92 valence electrons. The quantitative estimate of drug-likeness (QED) is 0.719. The zero-order chi connectivity index (χ0) is 12.8. The Bertz CT molecular complexity index is 720.